The number of rotatable bonds is 2. The third-order valence-electron chi connectivity index (χ3n) is 3.93. The lowest BCUT2D eigenvalue weighted by molar-refractivity contribution is -0.117. The molecule has 6 heteroatoms. The fourth-order valence-corrected chi connectivity index (χ4v) is 2.73. The summed E-state index contributed by atoms with van der Waals surface area (Å²) in [4.78, 5) is 26.8. The molecule has 1 fully saturated rings. The fourth-order valence-electron chi connectivity index (χ4n) is 2.73. The van der Waals surface area contributed by atoms with Gasteiger partial charge in [0, 0.05) is 18.5 Å². The molecule has 6 nitrogen and oxygen atoms in total. The van der Waals surface area contributed by atoms with E-state index in [1.807, 2.05) is 6.07 Å². The molecule has 3 heterocycles. The van der Waals surface area contributed by atoms with Crippen molar-refractivity contribution < 1.29 is 9.90 Å². The van der Waals surface area contributed by atoms with E-state index in [9.17, 15) is 9.90 Å². The number of benzene rings is 1. The quantitative estimate of drug-likeness (QED) is 0.787. The Morgan fingerprint density at radius 3 is 2.61 bits per heavy atom. The van der Waals surface area contributed by atoms with Crippen molar-refractivity contribution in [3.05, 3.63) is 42.7 Å². The lowest BCUT2D eigenvalue weighted by atomic mass is 10.2. The molecule has 23 heavy (non-hydrogen) atoms. The minimum Gasteiger partial charge on any atom is -0.508 e. The van der Waals surface area contributed by atoms with Gasteiger partial charge in [-0.1, -0.05) is 0 Å². The molecule has 0 saturated carbocycles. The molecule has 3 aromatic rings. The van der Waals surface area contributed by atoms with E-state index in [2.05, 4.69) is 15.0 Å². The second-order valence-corrected chi connectivity index (χ2v) is 5.49. The van der Waals surface area contributed by atoms with E-state index in [1.54, 1.807) is 41.6 Å². The number of carbonyl (C=O) groups excluding carboxylic acids is 1. The number of amides is 1. The minimum absolute atomic E-state index is 0.124. The van der Waals surface area contributed by atoms with Crippen molar-refractivity contribution in [1.82, 2.24) is 15.0 Å². The molecular formula is C17H14N4O2. The van der Waals surface area contributed by atoms with Crippen molar-refractivity contribution in [1.29, 1.82) is 0 Å². The van der Waals surface area contributed by atoms with Gasteiger partial charge in [-0.05, 0) is 36.8 Å². The van der Waals surface area contributed by atoms with E-state index >= 15 is 0 Å². The zero-order valence-electron chi connectivity index (χ0n) is 12.3. The summed E-state index contributed by atoms with van der Waals surface area (Å²) in [6, 6.07) is 8.59. The Morgan fingerprint density at radius 1 is 1.04 bits per heavy atom. The summed E-state index contributed by atoms with van der Waals surface area (Å²) in [5.41, 5.74) is 2.96. The number of pyridine rings is 1. The van der Waals surface area contributed by atoms with E-state index in [4.69, 9.17) is 0 Å². The molecule has 1 saturated heterocycles. The summed E-state index contributed by atoms with van der Waals surface area (Å²) in [5, 5.41) is 9.37. The van der Waals surface area contributed by atoms with Crippen LogP contribution in [0.4, 0.5) is 5.69 Å². The summed E-state index contributed by atoms with van der Waals surface area (Å²) in [7, 11) is 0. The van der Waals surface area contributed by atoms with Crippen LogP contribution in [-0.2, 0) is 4.79 Å². The topological polar surface area (TPSA) is 79.2 Å². The first-order valence-corrected chi connectivity index (χ1v) is 7.43. The summed E-state index contributed by atoms with van der Waals surface area (Å²) >= 11 is 0. The van der Waals surface area contributed by atoms with Crippen molar-refractivity contribution in [2.75, 3.05) is 11.4 Å². The number of carbonyl (C=O) groups is 1. The standard InChI is InChI=1S/C17H14N4O2/c22-13-5-3-11(4-6-13)17-19-10-15-14(20-17)8-12(9-18-15)21-7-1-2-16(21)23/h3-6,8-10,22H,1-2,7H2. The van der Waals surface area contributed by atoms with Gasteiger partial charge in [0.25, 0.3) is 0 Å². The highest BCUT2D eigenvalue weighted by Gasteiger charge is 2.22. The Morgan fingerprint density at radius 2 is 1.87 bits per heavy atom. The minimum atomic E-state index is 0.124. The number of phenols is 1. The van der Waals surface area contributed by atoms with Crippen molar-refractivity contribution in [3.63, 3.8) is 0 Å². The fraction of sp³-hybridized carbons (Fsp3) is 0.176. The molecule has 0 atom stereocenters. The molecule has 1 amide bonds. The molecule has 1 aliphatic rings. The number of anilines is 1. The van der Waals surface area contributed by atoms with Gasteiger partial charge in [0.1, 0.15) is 11.3 Å². The second-order valence-electron chi connectivity index (χ2n) is 5.49. The van der Waals surface area contributed by atoms with Crippen molar-refractivity contribution >= 4 is 22.6 Å². The van der Waals surface area contributed by atoms with Crippen molar-refractivity contribution in [2.45, 2.75) is 12.8 Å². The van der Waals surface area contributed by atoms with E-state index in [-0.39, 0.29) is 11.7 Å². The Labute approximate surface area is 132 Å². The SMILES string of the molecule is O=C1CCCN1c1cnc2cnc(-c3ccc(O)cc3)nc2c1. The summed E-state index contributed by atoms with van der Waals surface area (Å²) < 4.78 is 0. The second kappa shape index (κ2) is 5.31. The maximum atomic E-state index is 11.9. The molecule has 0 spiro atoms. The Balaban J connectivity index is 1.77. The number of aromatic hydroxyl groups is 1. The Hall–Kier alpha value is -3.02. The van der Waals surface area contributed by atoms with E-state index in [0.29, 0.717) is 23.3 Å². The first-order chi connectivity index (χ1) is 11.2. The van der Waals surface area contributed by atoms with Gasteiger partial charge in [-0.3, -0.25) is 9.78 Å². The first-order valence-electron chi connectivity index (χ1n) is 7.43. The molecule has 0 bridgehead atoms. The van der Waals surface area contributed by atoms with Crippen LogP contribution in [0.3, 0.4) is 0 Å². The molecule has 1 aliphatic heterocycles. The van der Waals surface area contributed by atoms with Crippen molar-refractivity contribution in [3.8, 4) is 17.1 Å². The number of phenolic OH excluding ortho intramolecular Hbond substituents is 1. The van der Waals surface area contributed by atoms with Crippen LogP contribution >= 0.6 is 0 Å². The monoisotopic (exact) mass is 306 g/mol. The van der Waals surface area contributed by atoms with Crippen LogP contribution < -0.4 is 4.90 Å². The van der Waals surface area contributed by atoms with Gasteiger partial charge >= 0.3 is 0 Å². The number of hydrogen-bond acceptors (Lipinski definition) is 5. The van der Waals surface area contributed by atoms with Gasteiger partial charge in [0.05, 0.1) is 23.6 Å². The van der Waals surface area contributed by atoms with Crippen LogP contribution in [0.15, 0.2) is 42.7 Å². The van der Waals surface area contributed by atoms with Crippen LogP contribution in [0.25, 0.3) is 22.4 Å². The molecular weight excluding hydrogens is 292 g/mol. The lowest BCUT2D eigenvalue weighted by Crippen LogP contribution is -2.23. The van der Waals surface area contributed by atoms with Crippen LogP contribution in [-0.4, -0.2) is 32.5 Å². The van der Waals surface area contributed by atoms with E-state index in [1.165, 1.54) is 0 Å². The Bertz CT molecular complexity index is 893. The first kappa shape index (κ1) is 13.6. The highest BCUT2D eigenvalue weighted by atomic mass is 16.3. The van der Waals surface area contributed by atoms with Gasteiger partial charge in [-0.15, -0.1) is 0 Å². The largest absolute Gasteiger partial charge is 0.508 e. The van der Waals surface area contributed by atoms with Gasteiger partial charge in [0.15, 0.2) is 5.82 Å². The molecule has 0 aliphatic carbocycles. The molecule has 1 N–H and O–H groups in total. The average molecular weight is 306 g/mol. The van der Waals surface area contributed by atoms with Crippen LogP contribution in [0.5, 0.6) is 5.75 Å². The summed E-state index contributed by atoms with van der Waals surface area (Å²) in [6.07, 6.45) is 4.81. The van der Waals surface area contributed by atoms with Gasteiger partial charge in [0.2, 0.25) is 5.91 Å². The van der Waals surface area contributed by atoms with Crippen LogP contribution in [0.1, 0.15) is 12.8 Å². The summed E-state index contributed by atoms with van der Waals surface area (Å²) in [6.45, 7) is 0.724. The molecule has 1 aromatic carbocycles. The molecule has 114 valence electrons. The third-order valence-corrected chi connectivity index (χ3v) is 3.93. The van der Waals surface area contributed by atoms with Crippen LogP contribution in [0, 0.1) is 0 Å². The third kappa shape index (κ3) is 2.48. The van der Waals surface area contributed by atoms with Gasteiger partial charge in [-0.25, -0.2) is 9.97 Å². The highest BCUT2D eigenvalue weighted by molar-refractivity contribution is 5.96. The average Bonchev–Trinajstić information content (AvgIpc) is 3.00. The summed E-state index contributed by atoms with van der Waals surface area (Å²) in [5.74, 6) is 0.884. The predicted molar refractivity (Wildman–Crippen MR) is 86.0 cm³/mol. The predicted octanol–water partition coefficient (Wildman–Crippen LogP) is 2.52. The normalized spacial score (nSPS) is 14.6. The maximum absolute atomic E-state index is 11.9. The molecule has 0 unspecified atom stereocenters. The number of fused-ring (bicyclic) bond motifs is 1. The smallest absolute Gasteiger partial charge is 0.227 e. The Kier molecular flexibility index (Phi) is 3.15. The lowest BCUT2D eigenvalue weighted by Gasteiger charge is -2.15. The van der Waals surface area contributed by atoms with Gasteiger partial charge < -0.3 is 10.0 Å². The number of aromatic nitrogens is 3. The zero-order chi connectivity index (χ0) is 15.8. The van der Waals surface area contributed by atoms with E-state index in [0.717, 1.165) is 24.2 Å². The highest BCUT2D eigenvalue weighted by Crippen LogP contribution is 2.25. The van der Waals surface area contributed by atoms with E-state index < -0.39 is 0 Å². The molecule has 4 rings (SSSR count). The van der Waals surface area contributed by atoms with Gasteiger partial charge in [-0.2, -0.15) is 0 Å². The van der Waals surface area contributed by atoms with Crippen molar-refractivity contribution in [2.24, 2.45) is 0 Å². The number of nitrogens with zero attached hydrogens (tertiary/aromatic N) is 4. The maximum Gasteiger partial charge on any atom is 0.227 e. The zero-order valence-corrected chi connectivity index (χ0v) is 12.3. The van der Waals surface area contributed by atoms with Crippen LogP contribution in [0.2, 0.25) is 0 Å². The number of hydrogen-bond donors (Lipinski definition) is 1. The molecule has 0 radical (unpaired) electrons. The molecule has 2 aromatic heterocycles.